The predicted molar refractivity (Wildman–Crippen MR) is 173 cm³/mol. The number of urea groups is 1. The van der Waals surface area contributed by atoms with Crippen LogP contribution in [0.25, 0.3) is 22.5 Å². The highest BCUT2D eigenvalue weighted by Gasteiger charge is 2.31. The average Bonchev–Trinajstić information content (AvgIpc) is 3.71. The van der Waals surface area contributed by atoms with Crippen LogP contribution in [0.2, 0.25) is 0 Å². The second-order valence-electron chi connectivity index (χ2n) is 9.99. The van der Waals surface area contributed by atoms with Crippen LogP contribution < -0.4 is 21.3 Å². The Hall–Kier alpha value is -5.55. The number of halogens is 6. The number of nitrogens with zero attached hydrogens (tertiary/aromatic N) is 4. The molecular weight excluding hydrogens is 679 g/mol. The van der Waals surface area contributed by atoms with Crippen molar-refractivity contribution in [3.63, 3.8) is 0 Å². The maximum Gasteiger partial charge on any atom is 0.416 e. The van der Waals surface area contributed by atoms with E-state index in [1.54, 1.807) is 22.9 Å². The number of aromatic nitrogens is 4. The van der Waals surface area contributed by atoms with Crippen molar-refractivity contribution < 1.29 is 31.1 Å². The van der Waals surface area contributed by atoms with E-state index in [1.165, 1.54) is 71.7 Å². The molecule has 0 aliphatic heterocycles. The normalized spacial score (nSPS) is 11.6. The number of anilines is 6. The molecule has 0 unspecified atom stereocenters. The van der Waals surface area contributed by atoms with E-state index in [2.05, 4.69) is 41.2 Å². The van der Waals surface area contributed by atoms with Gasteiger partial charge in [-0.3, -0.25) is 9.97 Å². The molecule has 0 bridgehead atoms. The standard InChI is InChI=1S/C31H20F6N8OS2/c32-30(33,34)19-3-1-5-21(9-19)42-28-44-25(15-47-28)17-7-23(13-38-11-17)40-27(46)41-24-8-18(12-39-14-24)26-16-48-29(45-26)43-22-6-2-4-20(10-22)31(35,36)37/h1-16H,(H,42,44)(H,43,45)(H2,40,41,46). The van der Waals surface area contributed by atoms with Crippen molar-refractivity contribution in [2.45, 2.75) is 12.4 Å². The highest BCUT2D eigenvalue weighted by atomic mass is 32.1. The first kappa shape index (κ1) is 32.4. The zero-order valence-electron chi connectivity index (χ0n) is 24.0. The van der Waals surface area contributed by atoms with Crippen LogP contribution in [0.1, 0.15) is 11.1 Å². The third-order valence-electron chi connectivity index (χ3n) is 6.47. The monoisotopic (exact) mass is 698 g/mol. The lowest BCUT2D eigenvalue weighted by Gasteiger charge is -2.09. The quantitative estimate of drug-likeness (QED) is 0.117. The van der Waals surface area contributed by atoms with Gasteiger partial charge in [0.15, 0.2) is 10.3 Å². The number of hydrogen-bond acceptors (Lipinski definition) is 9. The molecule has 48 heavy (non-hydrogen) atoms. The first-order chi connectivity index (χ1) is 22.9. The van der Waals surface area contributed by atoms with Crippen LogP contribution in [0.15, 0.2) is 96.2 Å². The van der Waals surface area contributed by atoms with Gasteiger partial charge in [0.05, 0.1) is 46.3 Å². The number of amides is 2. The summed E-state index contributed by atoms with van der Waals surface area (Å²) in [5.41, 5.74) is 1.70. The number of benzene rings is 2. The highest BCUT2D eigenvalue weighted by molar-refractivity contribution is 7.14. The second-order valence-corrected chi connectivity index (χ2v) is 11.7. The maximum atomic E-state index is 13.1. The third kappa shape index (κ3) is 8.05. The van der Waals surface area contributed by atoms with Crippen LogP contribution in [-0.4, -0.2) is 26.0 Å². The molecule has 2 aromatic carbocycles. The Morgan fingerprint density at radius 2 is 1.02 bits per heavy atom. The average molecular weight is 699 g/mol. The Bertz CT molecular complexity index is 1930. The number of carbonyl (C=O) groups excluding carboxylic acids is 1. The Labute approximate surface area is 275 Å². The highest BCUT2D eigenvalue weighted by Crippen LogP contribution is 2.34. The topological polar surface area (TPSA) is 117 Å². The molecule has 0 spiro atoms. The zero-order valence-corrected chi connectivity index (χ0v) is 25.7. The van der Waals surface area contributed by atoms with Crippen molar-refractivity contribution in [3.8, 4) is 22.5 Å². The SMILES string of the molecule is O=C(Nc1cncc(-c2csc(Nc3cccc(C(F)(F)F)c3)n2)c1)Nc1cncc(-c2csc(Nc3cccc(C(F)(F)F)c3)n2)c1. The number of hydrogen-bond donors (Lipinski definition) is 4. The van der Waals surface area contributed by atoms with E-state index >= 15 is 0 Å². The van der Waals surface area contributed by atoms with Gasteiger partial charge in [0, 0.05) is 45.7 Å². The van der Waals surface area contributed by atoms with E-state index in [4.69, 9.17) is 0 Å². The van der Waals surface area contributed by atoms with Crippen LogP contribution >= 0.6 is 22.7 Å². The molecule has 2 amide bonds. The molecule has 0 saturated heterocycles. The van der Waals surface area contributed by atoms with Crippen molar-refractivity contribution in [1.82, 2.24) is 19.9 Å². The van der Waals surface area contributed by atoms with Gasteiger partial charge >= 0.3 is 18.4 Å². The van der Waals surface area contributed by atoms with Gasteiger partial charge in [0.2, 0.25) is 0 Å². The number of carbonyl (C=O) groups is 1. The molecule has 6 aromatic rings. The zero-order chi connectivity index (χ0) is 33.9. The molecular formula is C31H20F6N8OS2. The molecule has 4 heterocycles. The Balaban J connectivity index is 1.08. The number of nitrogens with one attached hydrogen (secondary N) is 4. The summed E-state index contributed by atoms with van der Waals surface area (Å²) in [6.45, 7) is 0. The summed E-state index contributed by atoms with van der Waals surface area (Å²) < 4.78 is 78.3. The Morgan fingerprint density at radius 1 is 0.583 bits per heavy atom. The fraction of sp³-hybridized carbons (Fsp3) is 0.0645. The van der Waals surface area contributed by atoms with Crippen molar-refractivity contribution in [2.24, 2.45) is 0 Å². The van der Waals surface area contributed by atoms with Gasteiger partial charge < -0.3 is 21.3 Å². The van der Waals surface area contributed by atoms with Crippen LogP contribution in [0.5, 0.6) is 0 Å². The van der Waals surface area contributed by atoms with Gasteiger partial charge in [-0.05, 0) is 48.5 Å². The lowest BCUT2D eigenvalue weighted by molar-refractivity contribution is -0.138. The lowest BCUT2D eigenvalue weighted by atomic mass is 10.2. The molecule has 0 saturated carbocycles. The molecule has 9 nitrogen and oxygen atoms in total. The Kier molecular flexibility index (Phi) is 8.97. The van der Waals surface area contributed by atoms with Crippen molar-refractivity contribution in [2.75, 3.05) is 21.3 Å². The molecule has 0 radical (unpaired) electrons. The van der Waals surface area contributed by atoms with Gasteiger partial charge in [0.1, 0.15) is 0 Å². The van der Waals surface area contributed by atoms with Crippen LogP contribution in [0, 0.1) is 0 Å². The first-order valence-corrected chi connectivity index (χ1v) is 15.4. The summed E-state index contributed by atoms with van der Waals surface area (Å²) in [6, 6.07) is 12.2. The predicted octanol–water partition coefficient (Wildman–Crippen LogP) is 9.89. The molecule has 0 aliphatic rings. The fourth-order valence-corrected chi connectivity index (χ4v) is 5.79. The van der Waals surface area contributed by atoms with Gasteiger partial charge in [-0.25, -0.2) is 14.8 Å². The lowest BCUT2D eigenvalue weighted by Crippen LogP contribution is -2.19. The summed E-state index contributed by atoms with van der Waals surface area (Å²) in [5.74, 6) is 0. The maximum absolute atomic E-state index is 13.1. The van der Waals surface area contributed by atoms with E-state index in [0.29, 0.717) is 44.2 Å². The molecule has 0 atom stereocenters. The van der Waals surface area contributed by atoms with Gasteiger partial charge in [-0.1, -0.05) is 12.1 Å². The van der Waals surface area contributed by atoms with Crippen molar-refractivity contribution in [1.29, 1.82) is 0 Å². The van der Waals surface area contributed by atoms with Gasteiger partial charge in [0.25, 0.3) is 0 Å². The summed E-state index contributed by atoms with van der Waals surface area (Å²) in [7, 11) is 0. The molecule has 244 valence electrons. The van der Waals surface area contributed by atoms with E-state index in [0.717, 1.165) is 24.3 Å². The third-order valence-corrected chi connectivity index (χ3v) is 7.99. The largest absolute Gasteiger partial charge is 0.416 e. The smallest absolute Gasteiger partial charge is 0.332 e. The van der Waals surface area contributed by atoms with Crippen molar-refractivity contribution >= 4 is 61.7 Å². The van der Waals surface area contributed by atoms with Crippen LogP contribution in [-0.2, 0) is 12.4 Å². The number of thiazole rings is 2. The van der Waals surface area contributed by atoms with E-state index in [1.807, 2.05) is 0 Å². The molecule has 6 rings (SSSR count). The molecule has 4 aromatic heterocycles. The molecule has 0 aliphatic carbocycles. The number of alkyl halides is 6. The van der Waals surface area contributed by atoms with E-state index in [9.17, 15) is 31.1 Å². The first-order valence-electron chi connectivity index (χ1n) is 13.7. The van der Waals surface area contributed by atoms with Crippen molar-refractivity contribution in [3.05, 3.63) is 107 Å². The van der Waals surface area contributed by atoms with E-state index in [-0.39, 0.29) is 11.4 Å². The minimum absolute atomic E-state index is 0.233. The molecule has 4 N–H and O–H groups in total. The van der Waals surface area contributed by atoms with Gasteiger partial charge in [-0.15, -0.1) is 22.7 Å². The number of pyridine rings is 2. The van der Waals surface area contributed by atoms with Crippen LogP contribution in [0.4, 0.5) is 64.1 Å². The molecule has 17 heteroatoms. The summed E-state index contributed by atoms with van der Waals surface area (Å²) in [6.07, 6.45) is -3.02. The molecule has 0 fully saturated rings. The summed E-state index contributed by atoms with van der Waals surface area (Å²) in [5, 5.41) is 15.2. The summed E-state index contributed by atoms with van der Waals surface area (Å²) in [4.78, 5) is 30.0. The Morgan fingerprint density at radius 3 is 1.44 bits per heavy atom. The van der Waals surface area contributed by atoms with Crippen LogP contribution in [0.3, 0.4) is 0 Å². The minimum atomic E-state index is -4.47. The summed E-state index contributed by atoms with van der Waals surface area (Å²) >= 11 is 2.38. The minimum Gasteiger partial charge on any atom is -0.332 e. The fourth-order valence-electron chi connectivity index (χ4n) is 4.31. The van der Waals surface area contributed by atoms with E-state index < -0.39 is 29.5 Å². The number of rotatable bonds is 8. The van der Waals surface area contributed by atoms with Gasteiger partial charge in [-0.2, -0.15) is 26.3 Å². The second kappa shape index (κ2) is 13.3.